The Labute approximate surface area is 192 Å². The van der Waals surface area contributed by atoms with Crippen molar-refractivity contribution in [2.45, 2.75) is 46.5 Å². The van der Waals surface area contributed by atoms with Crippen molar-refractivity contribution in [1.29, 1.82) is 0 Å². The summed E-state index contributed by atoms with van der Waals surface area (Å²) in [6.45, 7) is 7.04. The molecule has 1 aromatic heterocycles. The van der Waals surface area contributed by atoms with Gasteiger partial charge in [0.25, 0.3) is 0 Å². The predicted molar refractivity (Wildman–Crippen MR) is 125 cm³/mol. The largest absolute Gasteiger partial charge is 0.465 e. The van der Waals surface area contributed by atoms with E-state index in [0.717, 1.165) is 36.8 Å². The quantitative estimate of drug-likeness (QED) is 0.463. The zero-order valence-corrected chi connectivity index (χ0v) is 19.8. The normalized spacial score (nSPS) is 17.3. The molecule has 2 heterocycles. The third kappa shape index (κ3) is 4.39. The maximum atomic E-state index is 12.7. The van der Waals surface area contributed by atoms with E-state index in [2.05, 4.69) is 26.1 Å². The van der Waals surface area contributed by atoms with E-state index < -0.39 is 5.97 Å². The second kappa shape index (κ2) is 8.98. The standard InChI is InChI=1S/C25H29NO5S/c1-5-25(2,3)16-8-9-17-20(13-16)32-23(22(17)24(28)29-4)26-21(27)11-7-15-6-10-18-19(12-15)31-14-30-18/h6-7,10-12,16H,5,8-9,13-14H2,1-4H3,(H,26,27)/b11-7+/t16-/m0/s1. The second-order valence-electron chi connectivity index (χ2n) is 8.92. The molecule has 0 saturated carbocycles. The van der Waals surface area contributed by atoms with E-state index in [1.807, 2.05) is 18.2 Å². The third-order valence-corrected chi connectivity index (χ3v) is 7.90. The van der Waals surface area contributed by atoms with Gasteiger partial charge in [-0.1, -0.05) is 33.3 Å². The Morgan fingerprint density at radius 1 is 1.28 bits per heavy atom. The van der Waals surface area contributed by atoms with Gasteiger partial charge in [-0.25, -0.2) is 4.79 Å². The molecule has 2 aromatic rings. The first-order valence-electron chi connectivity index (χ1n) is 10.9. The van der Waals surface area contributed by atoms with E-state index >= 15 is 0 Å². The topological polar surface area (TPSA) is 73.9 Å². The summed E-state index contributed by atoms with van der Waals surface area (Å²) in [7, 11) is 1.38. The molecule has 1 amide bonds. The minimum absolute atomic E-state index is 0.207. The van der Waals surface area contributed by atoms with E-state index in [9.17, 15) is 9.59 Å². The molecule has 0 bridgehead atoms. The molecule has 0 fully saturated rings. The first-order valence-corrected chi connectivity index (χ1v) is 11.8. The van der Waals surface area contributed by atoms with Gasteiger partial charge in [0.2, 0.25) is 12.7 Å². The average molecular weight is 456 g/mol. The molecule has 4 rings (SSSR count). The molecular formula is C25H29NO5S. The van der Waals surface area contributed by atoms with Gasteiger partial charge in [0.15, 0.2) is 11.5 Å². The summed E-state index contributed by atoms with van der Waals surface area (Å²) in [5.74, 6) is 1.22. The van der Waals surface area contributed by atoms with E-state index in [4.69, 9.17) is 14.2 Å². The van der Waals surface area contributed by atoms with Crippen LogP contribution in [0.2, 0.25) is 0 Å². The molecule has 1 aromatic carbocycles. The number of carbonyl (C=O) groups excluding carboxylic acids is 2. The van der Waals surface area contributed by atoms with Crippen LogP contribution >= 0.6 is 11.3 Å². The van der Waals surface area contributed by atoms with Gasteiger partial charge < -0.3 is 19.5 Å². The zero-order chi connectivity index (χ0) is 22.9. The molecule has 2 aliphatic rings. The number of nitrogens with one attached hydrogen (secondary N) is 1. The number of esters is 1. The monoisotopic (exact) mass is 455 g/mol. The summed E-state index contributed by atoms with van der Waals surface area (Å²) in [5.41, 5.74) is 2.60. The summed E-state index contributed by atoms with van der Waals surface area (Å²) < 4.78 is 15.7. The molecule has 1 atom stereocenters. The van der Waals surface area contributed by atoms with Crippen LogP contribution in [-0.4, -0.2) is 25.8 Å². The highest BCUT2D eigenvalue weighted by molar-refractivity contribution is 7.17. The van der Waals surface area contributed by atoms with Crippen molar-refractivity contribution in [2.24, 2.45) is 11.3 Å². The summed E-state index contributed by atoms with van der Waals surface area (Å²) in [6, 6.07) is 5.50. The maximum Gasteiger partial charge on any atom is 0.341 e. The molecule has 7 heteroatoms. The highest BCUT2D eigenvalue weighted by atomic mass is 32.1. The average Bonchev–Trinajstić information content (AvgIpc) is 3.40. The van der Waals surface area contributed by atoms with Crippen LogP contribution in [-0.2, 0) is 22.4 Å². The number of methoxy groups -OCH3 is 1. The Balaban J connectivity index is 1.54. The highest BCUT2D eigenvalue weighted by Gasteiger charge is 2.35. The first kappa shape index (κ1) is 22.4. The van der Waals surface area contributed by atoms with Crippen LogP contribution in [0.5, 0.6) is 11.5 Å². The fourth-order valence-corrected chi connectivity index (χ4v) is 5.61. The third-order valence-electron chi connectivity index (χ3n) is 6.73. The van der Waals surface area contributed by atoms with Crippen molar-refractivity contribution in [2.75, 3.05) is 19.2 Å². The Hall–Kier alpha value is -2.80. The fraction of sp³-hybridized carbons (Fsp3) is 0.440. The van der Waals surface area contributed by atoms with Gasteiger partial charge in [0.1, 0.15) is 5.00 Å². The second-order valence-corrected chi connectivity index (χ2v) is 10.0. The minimum atomic E-state index is -0.397. The number of fused-ring (bicyclic) bond motifs is 2. The van der Waals surface area contributed by atoms with E-state index in [1.165, 1.54) is 29.4 Å². The lowest BCUT2D eigenvalue weighted by Crippen LogP contribution is -2.28. The van der Waals surface area contributed by atoms with E-state index in [1.54, 1.807) is 6.08 Å². The minimum Gasteiger partial charge on any atom is -0.465 e. The Kier molecular flexibility index (Phi) is 6.29. The molecule has 1 N–H and O–H groups in total. The lowest BCUT2D eigenvalue weighted by Gasteiger charge is -2.36. The molecule has 0 saturated heterocycles. The number of thiophene rings is 1. The number of carbonyl (C=O) groups is 2. The fourth-order valence-electron chi connectivity index (χ4n) is 4.29. The number of hydrogen-bond acceptors (Lipinski definition) is 6. The van der Waals surface area contributed by atoms with Crippen LogP contribution in [0.3, 0.4) is 0 Å². The molecule has 170 valence electrons. The molecule has 32 heavy (non-hydrogen) atoms. The van der Waals surface area contributed by atoms with E-state index in [-0.39, 0.29) is 18.1 Å². The van der Waals surface area contributed by atoms with Gasteiger partial charge in [0, 0.05) is 11.0 Å². The van der Waals surface area contributed by atoms with Crippen LogP contribution in [0.25, 0.3) is 6.08 Å². The van der Waals surface area contributed by atoms with Crippen LogP contribution in [0.15, 0.2) is 24.3 Å². The number of hydrogen-bond donors (Lipinski definition) is 1. The summed E-state index contributed by atoms with van der Waals surface area (Å²) >= 11 is 1.50. The van der Waals surface area contributed by atoms with Crippen molar-refractivity contribution in [3.63, 3.8) is 0 Å². The molecule has 0 radical (unpaired) electrons. The smallest absolute Gasteiger partial charge is 0.341 e. The van der Waals surface area contributed by atoms with Crippen molar-refractivity contribution in [3.8, 4) is 11.5 Å². The van der Waals surface area contributed by atoms with Crippen molar-refractivity contribution < 1.29 is 23.8 Å². The maximum absolute atomic E-state index is 12.7. The number of rotatable bonds is 6. The number of amides is 1. The molecule has 0 unspecified atom stereocenters. The van der Waals surface area contributed by atoms with Crippen molar-refractivity contribution >= 4 is 34.3 Å². The Morgan fingerprint density at radius 3 is 2.81 bits per heavy atom. The molecule has 0 spiro atoms. The van der Waals surface area contributed by atoms with Gasteiger partial charge in [0.05, 0.1) is 12.7 Å². The van der Waals surface area contributed by atoms with Crippen LogP contribution in [0, 0.1) is 11.3 Å². The molecule has 6 nitrogen and oxygen atoms in total. The summed E-state index contributed by atoms with van der Waals surface area (Å²) in [6.07, 6.45) is 7.06. The van der Waals surface area contributed by atoms with Gasteiger partial charge in [-0.05, 0) is 59.9 Å². The lowest BCUT2D eigenvalue weighted by atomic mass is 9.69. The molecular weight excluding hydrogens is 426 g/mol. The van der Waals surface area contributed by atoms with Crippen molar-refractivity contribution in [1.82, 2.24) is 0 Å². The van der Waals surface area contributed by atoms with Gasteiger partial charge in [-0.2, -0.15) is 0 Å². The SMILES string of the molecule is CCC(C)(C)[C@H]1CCc2c(sc(NC(=O)/C=C/c3ccc4c(c3)OCO4)c2C(=O)OC)C1. The number of anilines is 1. The molecule has 1 aliphatic heterocycles. The van der Waals surface area contributed by atoms with Gasteiger partial charge >= 0.3 is 5.97 Å². The first-order chi connectivity index (χ1) is 15.3. The van der Waals surface area contributed by atoms with Gasteiger partial charge in [-0.3, -0.25) is 4.79 Å². The lowest BCUT2D eigenvalue weighted by molar-refractivity contribution is -0.111. The Bertz CT molecular complexity index is 1070. The van der Waals surface area contributed by atoms with Crippen molar-refractivity contribution in [3.05, 3.63) is 45.8 Å². The van der Waals surface area contributed by atoms with E-state index in [0.29, 0.717) is 28.0 Å². The predicted octanol–water partition coefficient (Wildman–Crippen LogP) is 5.46. The molecule has 1 aliphatic carbocycles. The summed E-state index contributed by atoms with van der Waals surface area (Å²) in [5, 5.41) is 3.48. The Morgan fingerprint density at radius 2 is 2.06 bits per heavy atom. The highest BCUT2D eigenvalue weighted by Crippen LogP contribution is 2.45. The van der Waals surface area contributed by atoms with Crippen LogP contribution in [0.4, 0.5) is 5.00 Å². The zero-order valence-electron chi connectivity index (χ0n) is 18.9. The van der Waals surface area contributed by atoms with Crippen LogP contribution in [0.1, 0.15) is 60.0 Å². The number of benzene rings is 1. The number of ether oxygens (including phenoxy) is 3. The van der Waals surface area contributed by atoms with Crippen LogP contribution < -0.4 is 14.8 Å². The summed E-state index contributed by atoms with van der Waals surface area (Å²) in [4.78, 5) is 26.4. The van der Waals surface area contributed by atoms with Gasteiger partial charge in [-0.15, -0.1) is 11.3 Å².